The van der Waals surface area contributed by atoms with Gasteiger partial charge >= 0.3 is 0 Å². The maximum absolute atomic E-state index is 4.32. The molecule has 0 amide bonds. The Hall–Kier alpha value is 0.740. The zero-order valence-corrected chi connectivity index (χ0v) is 12.9. The Labute approximate surface area is 115 Å². The summed E-state index contributed by atoms with van der Waals surface area (Å²) in [6, 6.07) is 0. The summed E-state index contributed by atoms with van der Waals surface area (Å²) < 4.78 is 4.60. The number of imidazole rings is 1. The van der Waals surface area contributed by atoms with E-state index in [0.29, 0.717) is 0 Å². The Kier molecular flexibility index (Phi) is 2.93. The number of rotatable bonds is 0. The van der Waals surface area contributed by atoms with Crippen LogP contribution >= 0.6 is 67.8 Å². The lowest BCUT2D eigenvalue weighted by Crippen LogP contribution is -2.02. The zero-order valence-electron chi connectivity index (χ0n) is 6.42. The van der Waals surface area contributed by atoms with E-state index in [2.05, 4.69) is 82.8 Å². The lowest BCUT2D eigenvalue weighted by atomic mass is 10.6. The Bertz CT molecular complexity index is 478. The molecule has 0 spiro atoms. The molecular formula is C6H3I3N4. The Morgan fingerprint density at radius 1 is 1.08 bits per heavy atom. The molecule has 2 heterocycles. The number of hydrogen-bond acceptors (Lipinski definition) is 3. The molecule has 0 aliphatic rings. The fourth-order valence-electron chi connectivity index (χ4n) is 0.987. The van der Waals surface area contributed by atoms with Crippen LogP contribution in [0.3, 0.4) is 0 Å². The number of hydrogen-bond donors (Lipinski definition) is 0. The minimum Gasteiger partial charge on any atom is -0.223 e. The third kappa shape index (κ3) is 1.78. The first-order valence-electron chi connectivity index (χ1n) is 3.33. The summed E-state index contributed by atoms with van der Waals surface area (Å²) in [5.74, 6) is 0.767. The van der Waals surface area contributed by atoms with E-state index in [1.165, 1.54) is 0 Å². The number of aromatic nitrogens is 4. The third-order valence-corrected chi connectivity index (χ3v) is 3.67. The summed E-state index contributed by atoms with van der Waals surface area (Å²) in [5.41, 5.74) is 0.996. The molecule has 2 rings (SSSR count). The quantitative estimate of drug-likeness (QED) is 0.510. The standard InChI is InChI=1S/C6H3I3N4/c1-2-10-4(7)3-5(8)11-6(9)13(3)12-2/h1H3. The highest BCUT2D eigenvalue weighted by Crippen LogP contribution is 2.19. The van der Waals surface area contributed by atoms with Crippen LogP contribution in [0.5, 0.6) is 0 Å². The van der Waals surface area contributed by atoms with Crippen LogP contribution in [0.4, 0.5) is 0 Å². The summed E-state index contributed by atoms with van der Waals surface area (Å²) in [6.07, 6.45) is 0. The van der Waals surface area contributed by atoms with Crippen LogP contribution in [0.1, 0.15) is 5.82 Å². The molecule has 0 aliphatic carbocycles. The lowest BCUT2D eigenvalue weighted by molar-refractivity contribution is 0.820. The van der Waals surface area contributed by atoms with Gasteiger partial charge in [0.2, 0.25) is 0 Å². The maximum atomic E-state index is 4.32. The van der Waals surface area contributed by atoms with Crippen LogP contribution < -0.4 is 0 Å². The summed E-state index contributed by atoms with van der Waals surface area (Å²) in [7, 11) is 0. The molecule has 68 valence electrons. The molecule has 13 heavy (non-hydrogen) atoms. The van der Waals surface area contributed by atoms with Crippen LogP contribution in [0.25, 0.3) is 5.52 Å². The second-order valence-corrected chi connectivity index (χ2v) is 5.39. The maximum Gasteiger partial charge on any atom is 0.193 e. The molecule has 2 aromatic heterocycles. The van der Waals surface area contributed by atoms with E-state index in [-0.39, 0.29) is 0 Å². The van der Waals surface area contributed by atoms with Gasteiger partial charge in [-0.25, -0.2) is 14.5 Å². The SMILES string of the molecule is Cc1nc(I)c2c(I)nc(I)n2n1. The molecule has 0 saturated heterocycles. The molecule has 0 fully saturated rings. The number of halogens is 3. The number of fused-ring (bicyclic) bond motifs is 1. The minimum atomic E-state index is 0.767. The molecule has 0 N–H and O–H groups in total. The molecule has 0 unspecified atom stereocenters. The van der Waals surface area contributed by atoms with E-state index in [9.17, 15) is 0 Å². The predicted molar refractivity (Wildman–Crippen MR) is 73.7 cm³/mol. The minimum absolute atomic E-state index is 0.767. The molecule has 0 aromatic carbocycles. The van der Waals surface area contributed by atoms with E-state index >= 15 is 0 Å². The lowest BCUT2D eigenvalue weighted by Gasteiger charge is -1.98. The molecule has 0 atom stereocenters. The Morgan fingerprint density at radius 2 is 1.69 bits per heavy atom. The van der Waals surface area contributed by atoms with Gasteiger partial charge in [-0.15, -0.1) is 0 Å². The van der Waals surface area contributed by atoms with E-state index < -0.39 is 0 Å². The normalized spacial score (nSPS) is 11.1. The Balaban J connectivity index is 2.97. The number of nitrogens with zero attached hydrogens (tertiary/aromatic N) is 4. The molecule has 2 aromatic rings. The van der Waals surface area contributed by atoms with Crippen LogP contribution in [0.15, 0.2) is 0 Å². The zero-order chi connectivity index (χ0) is 9.59. The van der Waals surface area contributed by atoms with Crippen molar-refractivity contribution in [1.29, 1.82) is 0 Å². The summed E-state index contributed by atoms with van der Waals surface area (Å²) in [5, 5.41) is 4.28. The molecule has 0 radical (unpaired) electrons. The first kappa shape index (κ1) is 10.3. The van der Waals surface area contributed by atoms with Crippen molar-refractivity contribution in [1.82, 2.24) is 19.6 Å². The van der Waals surface area contributed by atoms with Gasteiger partial charge in [-0.05, 0) is 52.1 Å². The van der Waals surface area contributed by atoms with Gasteiger partial charge in [0.05, 0.1) is 0 Å². The summed E-state index contributed by atoms with van der Waals surface area (Å²) >= 11 is 6.56. The van der Waals surface area contributed by atoms with Gasteiger partial charge in [0, 0.05) is 22.6 Å². The van der Waals surface area contributed by atoms with Gasteiger partial charge < -0.3 is 0 Å². The summed E-state index contributed by atoms with van der Waals surface area (Å²) in [6.45, 7) is 1.88. The van der Waals surface area contributed by atoms with Crippen molar-refractivity contribution < 1.29 is 0 Å². The van der Waals surface area contributed by atoms with Gasteiger partial charge in [0.25, 0.3) is 0 Å². The fourth-order valence-corrected chi connectivity index (χ4v) is 4.10. The molecule has 0 aliphatic heterocycles. The second-order valence-electron chi connectivity index (χ2n) is 2.38. The highest BCUT2D eigenvalue weighted by atomic mass is 127. The van der Waals surface area contributed by atoms with Crippen molar-refractivity contribution in [2.24, 2.45) is 0 Å². The van der Waals surface area contributed by atoms with E-state index in [0.717, 1.165) is 22.6 Å². The molecule has 4 nitrogen and oxygen atoms in total. The van der Waals surface area contributed by atoms with Crippen molar-refractivity contribution in [2.75, 3.05) is 0 Å². The van der Waals surface area contributed by atoms with E-state index in [1.54, 1.807) is 0 Å². The first-order valence-corrected chi connectivity index (χ1v) is 6.57. The predicted octanol–water partition coefficient (Wildman–Crippen LogP) is 2.25. The van der Waals surface area contributed by atoms with E-state index in [4.69, 9.17) is 0 Å². The topological polar surface area (TPSA) is 43.1 Å². The summed E-state index contributed by atoms with van der Waals surface area (Å²) in [4.78, 5) is 8.60. The van der Waals surface area contributed by atoms with Crippen LogP contribution in [0, 0.1) is 18.2 Å². The second kappa shape index (κ2) is 3.72. The van der Waals surface area contributed by atoms with Gasteiger partial charge in [0.15, 0.2) is 3.83 Å². The van der Waals surface area contributed by atoms with Gasteiger partial charge in [-0.3, -0.25) is 0 Å². The third-order valence-electron chi connectivity index (χ3n) is 1.47. The largest absolute Gasteiger partial charge is 0.223 e. The Morgan fingerprint density at radius 3 is 2.38 bits per heavy atom. The van der Waals surface area contributed by atoms with Crippen LogP contribution in [-0.2, 0) is 0 Å². The van der Waals surface area contributed by atoms with Crippen LogP contribution in [-0.4, -0.2) is 19.6 Å². The monoisotopic (exact) mass is 512 g/mol. The molecule has 0 saturated carbocycles. The van der Waals surface area contributed by atoms with E-state index in [1.807, 2.05) is 11.4 Å². The smallest absolute Gasteiger partial charge is 0.193 e. The average Bonchev–Trinajstić information content (AvgIpc) is 2.27. The van der Waals surface area contributed by atoms with Gasteiger partial charge in [0.1, 0.15) is 18.7 Å². The first-order chi connectivity index (χ1) is 6.09. The van der Waals surface area contributed by atoms with Crippen molar-refractivity contribution in [3.63, 3.8) is 0 Å². The van der Waals surface area contributed by atoms with Crippen molar-refractivity contribution in [3.05, 3.63) is 17.1 Å². The fraction of sp³-hybridized carbons (Fsp3) is 0.167. The molecular weight excluding hydrogens is 509 g/mol. The van der Waals surface area contributed by atoms with Gasteiger partial charge in [-0.1, -0.05) is 0 Å². The van der Waals surface area contributed by atoms with Crippen LogP contribution in [0.2, 0.25) is 0 Å². The highest BCUT2D eigenvalue weighted by Gasteiger charge is 2.12. The highest BCUT2D eigenvalue weighted by molar-refractivity contribution is 14.1. The van der Waals surface area contributed by atoms with Crippen molar-refractivity contribution >= 4 is 73.3 Å². The number of aryl methyl sites for hydroxylation is 1. The van der Waals surface area contributed by atoms with Crippen molar-refractivity contribution in [2.45, 2.75) is 6.92 Å². The van der Waals surface area contributed by atoms with Gasteiger partial charge in [-0.2, -0.15) is 5.10 Å². The van der Waals surface area contributed by atoms with Crippen molar-refractivity contribution in [3.8, 4) is 0 Å². The average molecular weight is 512 g/mol. The molecule has 7 heteroatoms. The molecule has 0 bridgehead atoms.